The molecule has 224 valence electrons. The molecule has 5 atom stereocenters. The van der Waals surface area contributed by atoms with Gasteiger partial charge in [-0.2, -0.15) is 0 Å². The summed E-state index contributed by atoms with van der Waals surface area (Å²) in [5.74, 6) is 3.31. The summed E-state index contributed by atoms with van der Waals surface area (Å²) in [6.07, 6.45) is 33.7. The van der Waals surface area contributed by atoms with Crippen LogP contribution in [0.2, 0.25) is 0 Å². The minimum absolute atomic E-state index is 0.0501. The van der Waals surface area contributed by atoms with Crippen molar-refractivity contribution in [3.05, 3.63) is 0 Å². The average molecular weight is 533 g/mol. The zero-order valence-corrected chi connectivity index (χ0v) is 26.2. The summed E-state index contributed by atoms with van der Waals surface area (Å²) in [6, 6.07) is 0.434. The molecule has 1 aliphatic carbocycles. The van der Waals surface area contributed by atoms with Crippen molar-refractivity contribution in [2.45, 2.75) is 193 Å². The Hall–Kier alpha value is -0.570. The van der Waals surface area contributed by atoms with Gasteiger partial charge in [0.2, 0.25) is 5.91 Å². The fraction of sp³-hybridized carbons (Fsp3) is 0.971. The van der Waals surface area contributed by atoms with Crippen LogP contribution in [-0.2, 0) is 4.79 Å². The molecular weight excluding hydrogens is 464 g/mol. The molecule has 1 aliphatic heterocycles. The van der Waals surface area contributed by atoms with E-state index in [9.17, 15) is 4.79 Å². The van der Waals surface area contributed by atoms with Gasteiger partial charge in [0.25, 0.3) is 0 Å². The Morgan fingerprint density at radius 1 is 0.737 bits per heavy atom. The van der Waals surface area contributed by atoms with Gasteiger partial charge in [0, 0.05) is 6.04 Å². The molecule has 2 rings (SSSR count). The first-order valence-corrected chi connectivity index (χ1v) is 17.7. The number of hydrogen-bond acceptors (Lipinski definition) is 2. The number of hydrogen-bond donors (Lipinski definition) is 2. The van der Waals surface area contributed by atoms with E-state index in [-0.39, 0.29) is 11.9 Å². The molecule has 0 aromatic heterocycles. The van der Waals surface area contributed by atoms with E-state index < -0.39 is 0 Å². The van der Waals surface area contributed by atoms with Crippen LogP contribution in [0.5, 0.6) is 0 Å². The lowest BCUT2D eigenvalue weighted by molar-refractivity contribution is -0.124. The monoisotopic (exact) mass is 533 g/mol. The lowest BCUT2D eigenvalue weighted by Crippen LogP contribution is -2.49. The summed E-state index contributed by atoms with van der Waals surface area (Å²) in [5, 5.41) is 6.91. The maximum atomic E-state index is 12.9. The average Bonchev–Trinajstić information content (AvgIpc) is 3.72. The van der Waals surface area contributed by atoms with Gasteiger partial charge in [-0.1, -0.05) is 149 Å². The van der Waals surface area contributed by atoms with E-state index in [0.717, 1.165) is 30.7 Å². The van der Waals surface area contributed by atoms with E-state index in [4.69, 9.17) is 0 Å². The maximum absolute atomic E-state index is 12.9. The van der Waals surface area contributed by atoms with Crippen molar-refractivity contribution >= 4 is 5.91 Å². The third kappa shape index (κ3) is 15.9. The second-order valence-corrected chi connectivity index (χ2v) is 13.3. The lowest BCUT2D eigenvalue weighted by Gasteiger charge is -2.26. The molecule has 5 unspecified atom stereocenters. The standard InChI is InChI=1S/C35H68N2O/c1-4-6-8-10-12-14-19-25-32(37-35(38)34-27-21-22-28-36-34)26-20-16-15-17-23-30(3)33-29-31(33)24-18-13-11-9-7-5-2/h30-34,36H,4-29H2,1-3H3,(H,37,38). The van der Waals surface area contributed by atoms with Crippen LogP contribution in [0, 0.1) is 17.8 Å². The number of piperidine rings is 1. The number of amides is 1. The first-order valence-electron chi connectivity index (χ1n) is 17.7. The van der Waals surface area contributed by atoms with Gasteiger partial charge in [-0.3, -0.25) is 4.79 Å². The van der Waals surface area contributed by atoms with E-state index in [1.54, 1.807) is 0 Å². The van der Waals surface area contributed by atoms with Gasteiger partial charge in [0.15, 0.2) is 0 Å². The summed E-state index contributed by atoms with van der Waals surface area (Å²) in [7, 11) is 0. The fourth-order valence-electron chi connectivity index (χ4n) is 6.93. The Kier molecular flexibility index (Phi) is 19.6. The van der Waals surface area contributed by atoms with E-state index >= 15 is 0 Å². The highest BCUT2D eigenvalue weighted by Crippen LogP contribution is 2.48. The Morgan fingerprint density at radius 2 is 1.29 bits per heavy atom. The highest BCUT2D eigenvalue weighted by atomic mass is 16.2. The summed E-state index contributed by atoms with van der Waals surface area (Å²) < 4.78 is 0. The molecule has 0 radical (unpaired) electrons. The van der Waals surface area contributed by atoms with E-state index in [2.05, 4.69) is 31.4 Å². The molecule has 2 fully saturated rings. The number of rotatable bonds is 25. The topological polar surface area (TPSA) is 41.1 Å². The maximum Gasteiger partial charge on any atom is 0.237 e. The number of carbonyl (C=O) groups excluding carboxylic acids is 1. The second kappa shape index (κ2) is 22.2. The normalized spacial score (nSPS) is 22.8. The third-order valence-corrected chi connectivity index (χ3v) is 9.73. The SMILES string of the molecule is CCCCCCCCCC(CCCCCCC(C)C1CC1CCCCCCCC)NC(=O)C1CCCCN1. The van der Waals surface area contributed by atoms with Crippen LogP contribution in [0.4, 0.5) is 0 Å². The Morgan fingerprint density at radius 3 is 1.87 bits per heavy atom. The molecule has 2 aliphatic rings. The molecular formula is C35H68N2O. The van der Waals surface area contributed by atoms with Crippen LogP contribution >= 0.6 is 0 Å². The molecule has 3 heteroatoms. The van der Waals surface area contributed by atoms with Crippen molar-refractivity contribution in [1.82, 2.24) is 10.6 Å². The smallest absolute Gasteiger partial charge is 0.237 e. The van der Waals surface area contributed by atoms with E-state index in [0.29, 0.717) is 6.04 Å². The molecule has 0 spiro atoms. The Balaban J connectivity index is 1.54. The van der Waals surface area contributed by atoms with Gasteiger partial charge in [0.05, 0.1) is 6.04 Å². The summed E-state index contributed by atoms with van der Waals surface area (Å²) in [4.78, 5) is 12.9. The number of carbonyl (C=O) groups is 1. The molecule has 1 amide bonds. The van der Waals surface area contributed by atoms with Gasteiger partial charge >= 0.3 is 0 Å². The summed E-state index contributed by atoms with van der Waals surface area (Å²) >= 11 is 0. The molecule has 38 heavy (non-hydrogen) atoms. The molecule has 1 saturated heterocycles. The first-order chi connectivity index (χ1) is 18.7. The zero-order chi connectivity index (χ0) is 27.3. The molecule has 0 aromatic carbocycles. The minimum atomic E-state index is 0.0501. The van der Waals surface area contributed by atoms with Crippen LogP contribution in [-0.4, -0.2) is 24.5 Å². The van der Waals surface area contributed by atoms with Crippen LogP contribution in [0.15, 0.2) is 0 Å². The largest absolute Gasteiger partial charge is 0.352 e. The van der Waals surface area contributed by atoms with Crippen molar-refractivity contribution in [1.29, 1.82) is 0 Å². The van der Waals surface area contributed by atoms with E-state index in [1.165, 1.54) is 154 Å². The minimum Gasteiger partial charge on any atom is -0.352 e. The van der Waals surface area contributed by atoms with Crippen LogP contribution in [0.25, 0.3) is 0 Å². The predicted molar refractivity (Wildman–Crippen MR) is 167 cm³/mol. The zero-order valence-electron chi connectivity index (χ0n) is 26.2. The highest BCUT2D eigenvalue weighted by molar-refractivity contribution is 5.82. The van der Waals surface area contributed by atoms with Crippen molar-refractivity contribution in [3.63, 3.8) is 0 Å². The first kappa shape index (κ1) is 33.6. The van der Waals surface area contributed by atoms with Crippen LogP contribution in [0.1, 0.15) is 181 Å². The quantitative estimate of drug-likeness (QED) is 0.115. The van der Waals surface area contributed by atoms with Gasteiger partial charge in [-0.25, -0.2) is 0 Å². The molecule has 0 bridgehead atoms. The Labute approximate surface area is 238 Å². The van der Waals surface area contributed by atoms with Gasteiger partial charge in [0.1, 0.15) is 0 Å². The Bertz CT molecular complexity index is 558. The number of nitrogens with one attached hydrogen (secondary N) is 2. The van der Waals surface area contributed by atoms with E-state index in [1.807, 2.05) is 0 Å². The summed E-state index contributed by atoms with van der Waals surface area (Å²) in [5.41, 5.74) is 0. The molecule has 3 nitrogen and oxygen atoms in total. The lowest BCUT2D eigenvalue weighted by atomic mass is 9.94. The van der Waals surface area contributed by atoms with Crippen molar-refractivity contribution in [2.24, 2.45) is 17.8 Å². The molecule has 2 N–H and O–H groups in total. The third-order valence-electron chi connectivity index (χ3n) is 9.73. The molecule has 1 saturated carbocycles. The van der Waals surface area contributed by atoms with Crippen LogP contribution < -0.4 is 10.6 Å². The van der Waals surface area contributed by atoms with Crippen molar-refractivity contribution in [3.8, 4) is 0 Å². The van der Waals surface area contributed by atoms with Gasteiger partial charge < -0.3 is 10.6 Å². The fourth-order valence-corrected chi connectivity index (χ4v) is 6.93. The predicted octanol–water partition coefficient (Wildman–Crippen LogP) is 10.1. The van der Waals surface area contributed by atoms with Gasteiger partial charge in [-0.15, -0.1) is 0 Å². The van der Waals surface area contributed by atoms with Crippen molar-refractivity contribution < 1.29 is 4.79 Å². The molecule has 1 heterocycles. The number of unbranched alkanes of at least 4 members (excludes halogenated alkanes) is 14. The van der Waals surface area contributed by atoms with Crippen LogP contribution in [0.3, 0.4) is 0 Å². The highest BCUT2D eigenvalue weighted by Gasteiger charge is 2.39. The summed E-state index contributed by atoms with van der Waals surface area (Å²) in [6.45, 7) is 8.12. The molecule has 0 aromatic rings. The van der Waals surface area contributed by atoms with Crippen molar-refractivity contribution in [2.75, 3.05) is 6.54 Å². The second-order valence-electron chi connectivity index (χ2n) is 13.3. The van der Waals surface area contributed by atoms with Gasteiger partial charge in [-0.05, 0) is 56.4 Å².